The van der Waals surface area contributed by atoms with E-state index in [1.165, 1.54) is 6.42 Å². The van der Waals surface area contributed by atoms with Gasteiger partial charge < -0.3 is 11.1 Å². The maximum absolute atomic E-state index is 12.9. The van der Waals surface area contributed by atoms with E-state index in [4.69, 9.17) is 5.73 Å². The summed E-state index contributed by atoms with van der Waals surface area (Å²) >= 11 is 0. The number of alkyl halides is 3. The number of amides is 1. The third kappa shape index (κ3) is 4.37. The third-order valence-corrected chi connectivity index (χ3v) is 6.19. The summed E-state index contributed by atoms with van der Waals surface area (Å²) in [6, 6.07) is 0.338. The molecule has 0 aromatic heterocycles. The van der Waals surface area contributed by atoms with Crippen molar-refractivity contribution in [1.82, 2.24) is 5.32 Å². The Balaban J connectivity index is 0.00000208. The fraction of sp³-hybridized carbons (Fsp3) is 0.941. The molecule has 3 aliphatic rings. The van der Waals surface area contributed by atoms with Crippen LogP contribution in [0.25, 0.3) is 0 Å². The van der Waals surface area contributed by atoms with E-state index in [-0.39, 0.29) is 43.2 Å². The molecule has 0 aromatic rings. The highest BCUT2D eigenvalue weighted by molar-refractivity contribution is 5.85. The van der Waals surface area contributed by atoms with Crippen LogP contribution in [0.4, 0.5) is 13.2 Å². The predicted molar refractivity (Wildman–Crippen MR) is 88.7 cm³/mol. The van der Waals surface area contributed by atoms with E-state index in [0.29, 0.717) is 24.7 Å². The number of halogens is 4. The maximum atomic E-state index is 12.9. The number of rotatable bonds is 2. The Kier molecular flexibility index (Phi) is 6.46. The van der Waals surface area contributed by atoms with Crippen molar-refractivity contribution in [1.29, 1.82) is 0 Å². The van der Waals surface area contributed by atoms with Gasteiger partial charge in [0.15, 0.2) is 0 Å². The maximum Gasteiger partial charge on any atom is 0.391 e. The number of nitrogens with two attached hydrogens (primary N) is 1. The summed E-state index contributed by atoms with van der Waals surface area (Å²) in [7, 11) is 0. The van der Waals surface area contributed by atoms with Crippen molar-refractivity contribution in [3.05, 3.63) is 0 Å². The lowest BCUT2D eigenvalue weighted by Gasteiger charge is -2.45. The van der Waals surface area contributed by atoms with E-state index in [2.05, 4.69) is 5.32 Å². The van der Waals surface area contributed by atoms with Gasteiger partial charge >= 0.3 is 6.18 Å². The van der Waals surface area contributed by atoms with E-state index in [1.807, 2.05) is 0 Å². The fourth-order valence-corrected chi connectivity index (χ4v) is 5.03. The molecule has 0 aliphatic heterocycles. The SMILES string of the molecule is Cl.NC1CC2CCCC(C1)C2NC(=O)C1CCCC(C(F)(F)F)C1. The molecule has 0 heterocycles. The molecule has 3 rings (SSSR count). The number of hydrogen-bond donors (Lipinski definition) is 2. The predicted octanol–water partition coefficient (Wildman–Crippen LogP) is 3.80. The van der Waals surface area contributed by atoms with E-state index in [1.54, 1.807) is 0 Å². The fourth-order valence-electron chi connectivity index (χ4n) is 5.03. The Hall–Kier alpha value is -0.490. The third-order valence-electron chi connectivity index (χ3n) is 6.19. The average Bonchev–Trinajstić information content (AvgIpc) is 2.47. The molecule has 4 unspecified atom stereocenters. The number of carbonyl (C=O) groups excluding carboxylic acids is 1. The van der Waals surface area contributed by atoms with Gasteiger partial charge in [-0.3, -0.25) is 4.79 Å². The van der Waals surface area contributed by atoms with Crippen molar-refractivity contribution < 1.29 is 18.0 Å². The Morgan fingerprint density at radius 1 is 0.958 bits per heavy atom. The molecule has 3 saturated carbocycles. The van der Waals surface area contributed by atoms with Gasteiger partial charge in [-0.1, -0.05) is 12.8 Å². The van der Waals surface area contributed by atoms with E-state index < -0.39 is 18.0 Å². The molecule has 7 heteroatoms. The van der Waals surface area contributed by atoms with Gasteiger partial charge in [-0.2, -0.15) is 13.2 Å². The summed E-state index contributed by atoms with van der Waals surface area (Å²) in [6.45, 7) is 0. The van der Waals surface area contributed by atoms with Crippen LogP contribution in [-0.2, 0) is 4.79 Å². The quantitative estimate of drug-likeness (QED) is 0.779. The van der Waals surface area contributed by atoms with Crippen LogP contribution < -0.4 is 11.1 Å². The molecular weight excluding hydrogens is 341 g/mol. The molecule has 1 amide bonds. The van der Waals surface area contributed by atoms with E-state index in [9.17, 15) is 18.0 Å². The second kappa shape index (κ2) is 7.81. The molecule has 0 radical (unpaired) electrons. The van der Waals surface area contributed by atoms with Crippen molar-refractivity contribution in [3.8, 4) is 0 Å². The Morgan fingerprint density at radius 2 is 1.54 bits per heavy atom. The van der Waals surface area contributed by atoms with Crippen molar-refractivity contribution in [3.63, 3.8) is 0 Å². The largest absolute Gasteiger partial charge is 0.391 e. The van der Waals surface area contributed by atoms with Gasteiger partial charge in [-0.25, -0.2) is 0 Å². The second-order valence-corrected chi connectivity index (χ2v) is 7.82. The summed E-state index contributed by atoms with van der Waals surface area (Å²) in [5.41, 5.74) is 6.09. The van der Waals surface area contributed by atoms with Crippen LogP contribution in [0.5, 0.6) is 0 Å². The summed E-state index contributed by atoms with van der Waals surface area (Å²) in [4.78, 5) is 12.5. The normalized spacial score (nSPS) is 39.7. The number of hydrogen-bond acceptors (Lipinski definition) is 2. The topological polar surface area (TPSA) is 55.1 Å². The number of carbonyl (C=O) groups is 1. The van der Waals surface area contributed by atoms with Gasteiger partial charge in [-0.05, 0) is 56.8 Å². The van der Waals surface area contributed by atoms with Crippen molar-refractivity contribution in [2.24, 2.45) is 29.4 Å². The molecule has 0 aromatic carbocycles. The first-order chi connectivity index (χ1) is 10.8. The van der Waals surface area contributed by atoms with Gasteiger partial charge in [0.25, 0.3) is 0 Å². The zero-order chi connectivity index (χ0) is 16.6. The van der Waals surface area contributed by atoms with Crippen molar-refractivity contribution >= 4 is 18.3 Å². The van der Waals surface area contributed by atoms with Crippen LogP contribution in [0, 0.1) is 23.7 Å². The van der Waals surface area contributed by atoms with Crippen LogP contribution in [0.3, 0.4) is 0 Å². The smallest absolute Gasteiger partial charge is 0.353 e. The molecule has 3 fully saturated rings. The van der Waals surface area contributed by atoms with E-state index in [0.717, 1.165) is 25.7 Å². The lowest BCUT2D eigenvalue weighted by molar-refractivity contribution is -0.186. The summed E-state index contributed by atoms with van der Waals surface area (Å²) < 4.78 is 38.8. The molecule has 2 bridgehead atoms. The van der Waals surface area contributed by atoms with Crippen molar-refractivity contribution in [2.75, 3.05) is 0 Å². The van der Waals surface area contributed by atoms with Crippen molar-refractivity contribution in [2.45, 2.75) is 76.0 Å². The highest BCUT2D eigenvalue weighted by Gasteiger charge is 2.45. The molecule has 0 saturated heterocycles. The zero-order valence-corrected chi connectivity index (χ0v) is 14.7. The van der Waals surface area contributed by atoms with Crippen LogP contribution >= 0.6 is 12.4 Å². The van der Waals surface area contributed by atoms with Crippen LogP contribution in [0.15, 0.2) is 0 Å². The van der Waals surface area contributed by atoms with Gasteiger partial charge in [0.05, 0.1) is 5.92 Å². The van der Waals surface area contributed by atoms with Crippen LogP contribution in [0.1, 0.15) is 57.8 Å². The van der Waals surface area contributed by atoms with Gasteiger partial charge in [0, 0.05) is 18.0 Å². The molecule has 3 aliphatic carbocycles. The first kappa shape index (κ1) is 19.8. The van der Waals surface area contributed by atoms with Crippen LogP contribution in [0.2, 0.25) is 0 Å². The molecular formula is C17H28ClF3N2O. The lowest BCUT2D eigenvalue weighted by atomic mass is 9.66. The summed E-state index contributed by atoms with van der Waals surface area (Å²) in [5.74, 6) is -1.14. The highest BCUT2D eigenvalue weighted by atomic mass is 35.5. The minimum absolute atomic E-state index is 0. The molecule has 3 nitrogen and oxygen atoms in total. The molecule has 4 atom stereocenters. The Labute approximate surface area is 147 Å². The number of nitrogens with one attached hydrogen (secondary N) is 1. The summed E-state index contributed by atoms with van der Waals surface area (Å²) in [6.07, 6.45) is 2.20. The molecule has 3 N–H and O–H groups in total. The average molecular weight is 369 g/mol. The molecule has 140 valence electrons. The molecule has 24 heavy (non-hydrogen) atoms. The zero-order valence-electron chi connectivity index (χ0n) is 13.9. The monoisotopic (exact) mass is 368 g/mol. The minimum Gasteiger partial charge on any atom is -0.353 e. The lowest BCUT2D eigenvalue weighted by Crippen LogP contribution is -2.55. The highest BCUT2D eigenvalue weighted by Crippen LogP contribution is 2.42. The van der Waals surface area contributed by atoms with Crippen LogP contribution in [-0.4, -0.2) is 24.2 Å². The minimum atomic E-state index is -4.17. The standard InChI is InChI=1S/C17H27F3N2O.ClH/c18-17(19,20)13-6-2-5-12(7-13)16(23)22-15-10-3-1-4-11(15)9-14(21)8-10;/h10-15H,1-9,21H2,(H,22,23);1H. The van der Waals surface area contributed by atoms with Gasteiger partial charge in [0.1, 0.15) is 0 Å². The Morgan fingerprint density at radius 3 is 2.12 bits per heavy atom. The van der Waals surface area contributed by atoms with Gasteiger partial charge in [0.2, 0.25) is 5.91 Å². The first-order valence-corrected chi connectivity index (χ1v) is 8.97. The second-order valence-electron chi connectivity index (χ2n) is 7.82. The first-order valence-electron chi connectivity index (χ1n) is 8.97. The van der Waals surface area contributed by atoms with Gasteiger partial charge in [-0.15, -0.1) is 12.4 Å². The number of fused-ring (bicyclic) bond motifs is 2. The Bertz CT molecular complexity index is 432. The van der Waals surface area contributed by atoms with E-state index >= 15 is 0 Å². The molecule has 0 spiro atoms. The summed E-state index contributed by atoms with van der Waals surface area (Å²) in [5, 5.41) is 3.12.